The molecule has 1 aliphatic rings. The van der Waals surface area contributed by atoms with Gasteiger partial charge in [0.05, 0.1) is 17.9 Å². The van der Waals surface area contributed by atoms with Gasteiger partial charge >= 0.3 is 5.97 Å². The molecule has 2 unspecified atom stereocenters. The van der Waals surface area contributed by atoms with Gasteiger partial charge in [-0.15, -0.1) is 0 Å². The highest BCUT2D eigenvalue weighted by atomic mass is 16.6. The van der Waals surface area contributed by atoms with E-state index in [-0.39, 0.29) is 18.2 Å². The van der Waals surface area contributed by atoms with Crippen LogP contribution in [0.1, 0.15) is 29.6 Å². The van der Waals surface area contributed by atoms with Crippen molar-refractivity contribution in [2.24, 2.45) is 0 Å². The molecular formula is C16H17NO4. The van der Waals surface area contributed by atoms with Crippen molar-refractivity contribution in [3.05, 3.63) is 42.4 Å². The fraction of sp³-hybridized carbons (Fsp3) is 0.375. The van der Waals surface area contributed by atoms with Crippen LogP contribution >= 0.6 is 0 Å². The summed E-state index contributed by atoms with van der Waals surface area (Å²) in [6, 6.07) is 7.10. The molecule has 0 bridgehead atoms. The van der Waals surface area contributed by atoms with Crippen molar-refractivity contribution < 1.29 is 18.7 Å². The summed E-state index contributed by atoms with van der Waals surface area (Å²) in [5, 5.41) is 0. The highest BCUT2D eigenvalue weighted by Crippen LogP contribution is 2.26. The first kappa shape index (κ1) is 13.8. The fourth-order valence-corrected chi connectivity index (χ4v) is 2.63. The highest BCUT2D eigenvalue weighted by Gasteiger charge is 2.30. The number of benzene rings is 1. The van der Waals surface area contributed by atoms with Gasteiger partial charge < -0.3 is 13.9 Å². The third-order valence-electron chi connectivity index (χ3n) is 3.79. The van der Waals surface area contributed by atoms with Crippen LogP contribution in [0.25, 0.3) is 11.3 Å². The average Bonchev–Trinajstić information content (AvgIpc) is 3.18. The van der Waals surface area contributed by atoms with Gasteiger partial charge in [-0.3, -0.25) is 0 Å². The van der Waals surface area contributed by atoms with Crippen LogP contribution in [0.2, 0.25) is 0 Å². The Bertz CT molecular complexity index is 591. The Kier molecular flexibility index (Phi) is 4.01. The molecule has 1 aromatic heterocycles. The van der Waals surface area contributed by atoms with Crippen molar-refractivity contribution >= 4 is 5.97 Å². The first-order valence-electron chi connectivity index (χ1n) is 7.00. The number of ether oxygens (including phenoxy) is 2. The van der Waals surface area contributed by atoms with Gasteiger partial charge in [0.1, 0.15) is 6.10 Å². The average molecular weight is 287 g/mol. The topological polar surface area (TPSA) is 61.6 Å². The Morgan fingerprint density at radius 2 is 2.00 bits per heavy atom. The zero-order valence-corrected chi connectivity index (χ0v) is 11.8. The molecule has 1 aromatic carbocycles. The summed E-state index contributed by atoms with van der Waals surface area (Å²) in [5.41, 5.74) is 1.40. The van der Waals surface area contributed by atoms with Gasteiger partial charge in [-0.25, -0.2) is 9.78 Å². The number of esters is 1. The molecule has 21 heavy (non-hydrogen) atoms. The second kappa shape index (κ2) is 6.10. The minimum atomic E-state index is -0.312. The second-order valence-electron chi connectivity index (χ2n) is 5.09. The van der Waals surface area contributed by atoms with Crippen LogP contribution in [0, 0.1) is 0 Å². The first-order valence-corrected chi connectivity index (χ1v) is 7.00. The number of methoxy groups -OCH3 is 1. The molecule has 0 saturated heterocycles. The van der Waals surface area contributed by atoms with E-state index in [1.807, 2.05) is 12.1 Å². The molecule has 0 aliphatic heterocycles. The normalized spacial score (nSPS) is 21.4. The van der Waals surface area contributed by atoms with Crippen molar-refractivity contribution in [2.45, 2.75) is 31.5 Å². The molecule has 5 heteroatoms. The van der Waals surface area contributed by atoms with E-state index < -0.39 is 0 Å². The highest BCUT2D eigenvalue weighted by molar-refractivity contribution is 5.90. The third-order valence-corrected chi connectivity index (χ3v) is 3.79. The Morgan fingerprint density at radius 3 is 2.67 bits per heavy atom. The number of hydrogen-bond acceptors (Lipinski definition) is 5. The van der Waals surface area contributed by atoms with E-state index in [9.17, 15) is 4.79 Å². The largest absolute Gasteiger partial charge is 0.456 e. The van der Waals surface area contributed by atoms with Crippen LogP contribution in [0.3, 0.4) is 0 Å². The first-order chi connectivity index (χ1) is 10.3. The molecule has 1 aliphatic carbocycles. The van der Waals surface area contributed by atoms with Crippen molar-refractivity contribution in [2.75, 3.05) is 7.11 Å². The number of hydrogen-bond donors (Lipinski definition) is 0. The van der Waals surface area contributed by atoms with Gasteiger partial charge in [-0.05, 0) is 31.4 Å². The molecule has 5 nitrogen and oxygen atoms in total. The summed E-state index contributed by atoms with van der Waals surface area (Å²) in [4.78, 5) is 16.0. The number of rotatable bonds is 4. The SMILES string of the molecule is COC1CCCC1OC(=O)c1ccc(-c2cnco2)cc1. The van der Waals surface area contributed by atoms with Crippen molar-refractivity contribution in [1.82, 2.24) is 4.98 Å². The molecule has 1 heterocycles. The van der Waals surface area contributed by atoms with E-state index in [2.05, 4.69) is 4.98 Å². The maximum absolute atomic E-state index is 12.1. The zero-order chi connectivity index (χ0) is 14.7. The fourth-order valence-electron chi connectivity index (χ4n) is 2.63. The maximum Gasteiger partial charge on any atom is 0.338 e. The van der Waals surface area contributed by atoms with Gasteiger partial charge in [-0.1, -0.05) is 12.1 Å². The lowest BCUT2D eigenvalue weighted by molar-refractivity contribution is -0.0206. The van der Waals surface area contributed by atoms with E-state index in [0.717, 1.165) is 24.8 Å². The summed E-state index contributed by atoms with van der Waals surface area (Å²) in [6.45, 7) is 0. The number of carbonyl (C=O) groups is 1. The molecule has 0 spiro atoms. The molecule has 110 valence electrons. The van der Waals surface area contributed by atoms with Crippen LogP contribution in [-0.2, 0) is 9.47 Å². The predicted octanol–water partition coefficient (Wildman–Crippen LogP) is 3.07. The van der Waals surface area contributed by atoms with Crippen LogP contribution in [0.4, 0.5) is 0 Å². The molecule has 3 rings (SSSR count). The van der Waals surface area contributed by atoms with Gasteiger partial charge in [0.2, 0.25) is 0 Å². The molecule has 1 fully saturated rings. The zero-order valence-electron chi connectivity index (χ0n) is 11.8. The van der Waals surface area contributed by atoms with E-state index in [1.54, 1.807) is 25.4 Å². The summed E-state index contributed by atoms with van der Waals surface area (Å²) >= 11 is 0. The van der Waals surface area contributed by atoms with E-state index in [4.69, 9.17) is 13.9 Å². The lowest BCUT2D eigenvalue weighted by atomic mass is 10.1. The van der Waals surface area contributed by atoms with Gasteiger partial charge in [0, 0.05) is 12.7 Å². The number of oxazole rings is 1. The van der Waals surface area contributed by atoms with Crippen molar-refractivity contribution in [3.8, 4) is 11.3 Å². The predicted molar refractivity (Wildman–Crippen MR) is 75.8 cm³/mol. The molecule has 1 saturated carbocycles. The molecule has 0 radical (unpaired) electrons. The van der Waals surface area contributed by atoms with Gasteiger partial charge in [-0.2, -0.15) is 0 Å². The molecule has 0 amide bonds. The van der Waals surface area contributed by atoms with E-state index in [1.165, 1.54) is 6.39 Å². The second-order valence-corrected chi connectivity index (χ2v) is 5.09. The summed E-state index contributed by atoms with van der Waals surface area (Å²) < 4.78 is 16.1. The van der Waals surface area contributed by atoms with Crippen LogP contribution in [-0.4, -0.2) is 30.3 Å². The molecular weight excluding hydrogens is 270 g/mol. The Balaban J connectivity index is 1.68. The minimum Gasteiger partial charge on any atom is -0.456 e. The van der Waals surface area contributed by atoms with Crippen LogP contribution < -0.4 is 0 Å². The van der Waals surface area contributed by atoms with E-state index in [0.29, 0.717) is 11.3 Å². The lowest BCUT2D eigenvalue weighted by Gasteiger charge is -2.18. The number of aromatic nitrogens is 1. The monoisotopic (exact) mass is 287 g/mol. The smallest absolute Gasteiger partial charge is 0.338 e. The quantitative estimate of drug-likeness (QED) is 0.809. The summed E-state index contributed by atoms with van der Waals surface area (Å²) in [6.07, 6.45) is 5.72. The van der Waals surface area contributed by atoms with Crippen LogP contribution in [0.5, 0.6) is 0 Å². The van der Waals surface area contributed by atoms with E-state index >= 15 is 0 Å². The summed E-state index contributed by atoms with van der Waals surface area (Å²) in [5.74, 6) is 0.359. The standard InChI is InChI=1S/C16H17NO4/c1-19-13-3-2-4-14(13)21-16(18)12-7-5-11(6-8-12)15-9-17-10-20-15/h5-10,13-14H,2-4H2,1H3. The summed E-state index contributed by atoms with van der Waals surface area (Å²) in [7, 11) is 1.66. The third kappa shape index (κ3) is 2.97. The Morgan fingerprint density at radius 1 is 1.24 bits per heavy atom. The number of nitrogens with zero attached hydrogens (tertiary/aromatic N) is 1. The van der Waals surface area contributed by atoms with Crippen LogP contribution in [0.15, 0.2) is 41.3 Å². The maximum atomic E-state index is 12.1. The van der Waals surface area contributed by atoms with Crippen molar-refractivity contribution in [1.29, 1.82) is 0 Å². The molecule has 2 aromatic rings. The Hall–Kier alpha value is -2.14. The molecule has 0 N–H and O–H groups in total. The minimum absolute atomic E-state index is 0.0161. The lowest BCUT2D eigenvalue weighted by Crippen LogP contribution is -2.27. The van der Waals surface area contributed by atoms with Crippen molar-refractivity contribution in [3.63, 3.8) is 0 Å². The van der Waals surface area contributed by atoms with Gasteiger partial charge in [0.25, 0.3) is 0 Å². The molecule has 2 atom stereocenters. The van der Waals surface area contributed by atoms with Gasteiger partial charge in [0.15, 0.2) is 12.2 Å². The Labute approximate surface area is 122 Å². The number of carbonyl (C=O) groups excluding carboxylic acids is 1.